The third-order valence-corrected chi connectivity index (χ3v) is 11.0. The van der Waals surface area contributed by atoms with Crippen LogP contribution in [0.3, 0.4) is 0 Å². The Balaban J connectivity index is 1.19. The fourth-order valence-corrected chi connectivity index (χ4v) is 9.00. The van der Waals surface area contributed by atoms with Crippen molar-refractivity contribution in [2.45, 2.75) is 74.2 Å². The van der Waals surface area contributed by atoms with Gasteiger partial charge in [0.1, 0.15) is 23.8 Å². The number of fused-ring (bicyclic) bond motifs is 3. The van der Waals surface area contributed by atoms with Crippen molar-refractivity contribution in [3.05, 3.63) is 16.0 Å². The number of nitrogens with two attached hydrogens (primary N) is 1. The van der Waals surface area contributed by atoms with Crippen LogP contribution in [-0.2, 0) is 11.8 Å². The van der Waals surface area contributed by atoms with Gasteiger partial charge in [0, 0.05) is 49.3 Å². The summed E-state index contributed by atoms with van der Waals surface area (Å²) in [6.07, 6.45) is 3.10. The van der Waals surface area contributed by atoms with Crippen LogP contribution in [0.25, 0.3) is 0 Å². The molecule has 214 valence electrons. The van der Waals surface area contributed by atoms with Crippen LogP contribution >= 0.6 is 11.3 Å². The highest BCUT2D eigenvalue weighted by Gasteiger charge is 2.53. The normalized spacial score (nSPS) is 32.4. The summed E-state index contributed by atoms with van der Waals surface area (Å²) >= 11 is 1.52. The molecule has 7 rings (SSSR count). The number of β-amino-alcohol motifs (C(OH)–C–C–N with tert-alkyl or cyclic N) is 1. The fraction of sp³-hybridized carbons (Fsp3) is 0.704. The lowest BCUT2D eigenvalue weighted by Crippen LogP contribution is -2.59. The van der Waals surface area contributed by atoms with E-state index >= 15 is 0 Å². The molecule has 13 heteroatoms. The number of ether oxygens (including phenoxy) is 1. The monoisotopic (exact) mass is 570 g/mol. The van der Waals surface area contributed by atoms with Gasteiger partial charge in [-0.15, -0.1) is 11.3 Å². The third kappa shape index (κ3) is 3.87. The van der Waals surface area contributed by atoms with Gasteiger partial charge in [-0.25, -0.2) is 4.39 Å². The molecule has 1 aliphatic carbocycles. The highest BCUT2D eigenvalue weighted by Crippen LogP contribution is 2.52. The molecule has 0 unspecified atom stereocenters. The number of aliphatic hydroxyl groups is 2. The van der Waals surface area contributed by atoms with E-state index in [0.717, 1.165) is 37.8 Å². The minimum Gasteiger partial charge on any atom is -0.461 e. The zero-order valence-corrected chi connectivity index (χ0v) is 23.5. The van der Waals surface area contributed by atoms with E-state index in [2.05, 4.69) is 20.9 Å². The predicted molar refractivity (Wildman–Crippen MR) is 147 cm³/mol. The summed E-state index contributed by atoms with van der Waals surface area (Å²) in [7, 11) is 0. The summed E-state index contributed by atoms with van der Waals surface area (Å²) in [5.74, 6) is 0.798. The Morgan fingerprint density at radius 2 is 2.00 bits per heavy atom. The van der Waals surface area contributed by atoms with E-state index in [1.807, 2.05) is 11.8 Å². The Morgan fingerprint density at radius 1 is 1.20 bits per heavy atom. The maximum Gasteiger partial charge on any atom is 0.323 e. The van der Waals surface area contributed by atoms with Gasteiger partial charge in [0.2, 0.25) is 11.9 Å². The third-order valence-electron chi connectivity index (χ3n) is 9.88. The largest absolute Gasteiger partial charge is 0.461 e. The van der Waals surface area contributed by atoms with Crippen molar-refractivity contribution in [1.29, 1.82) is 5.26 Å². The second-order valence-corrected chi connectivity index (χ2v) is 13.7. The van der Waals surface area contributed by atoms with Gasteiger partial charge < -0.3 is 30.5 Å². The van der Waals surface area contributed by atoms with Crippen LogP contribution in [0.4, 0.5) is 21.3 Å². The van der Waals surface area contributed by atoms with E-state index in [0.29, 0.717) is 61.5 Å². The van der Waals surface area contributed by atoms with Crippen LogP contribution in [0.1, 0.15) is 55.0 Å². The van der Waals surface area contributed by atoms with Crippen LogP contribution in [0.15, 0.2) is 0 Å². The molecule has 4 fully saturated rings. The number of aliphatic hydroxyl groups excluding tert-OH is 2. The number of alkyl halides is 1. The lowest BCUT2D eigenvalue weighted by atomic mass is 9.74. The lowest BCUT2D eigenvalue weighted by molar-refractivity contribution is 0.107. The van der Waals surface area contributed by atoms with Gasteiger partial charge in [-0.1, -0.05) is 0 Å². The topological polar surface area (TPSA) is 148 Å². The molecule has 4 saturated heterocycles. The van der Waals surface area contributed by atoms with E-state index in [-0.39, 0.29) is 30.1 Å². The Labute approximate surface area is 236 Å². The first-order chi connectivity index (χ1) is 19.2. The number of aromatic nitrogens is 3. The van der Waals surface area contributed by atoms with Crippen molar-refractivity contribution in [1.82, 2.24) is 19.9 Å². The van der Waals surface area contributed by atoms with Crippen molar-refractivity contribution < 1.29 is 19.3 Å². The molecule has 11 nitrogen and oxygen atoms in total. The molecule has 4 aliphatic heterocycles. The smallest absolute Gasteiger partial charge is 0.323 e. The summed E-state index contributed by atoms with van der Waals surface area (Å²) in [5, 5.41) is 31.0. The molecular formula is C27H35FN8O3S. The van der Waals surface area contributed by atoms with Crippen LogP contribution in [0.2, 0.25) is 0 Å². The molecule has 2 aromatic rings. The minimum atomic E-state index is -0.859. The molecule has 0 radical (unpaired) electrons. The summed E-state index contributed by atoms with van der Waals surface area (Å²) in [6, 6.07) is 2.48. The molecule has 2 aromatic heterocycles. The van der Waals surface area contributed by atoms with Gasteiger partial charge in [-0.05, 0) is 44.7 Å². The number of hydrogen-bond acceptors (Lipinski definition) is 12. The summed E-state index contributed by atoms with van der Waals surface area (Å²) in [5.41, 5.74) is 6.61. The van der Waals surface area contributed by atoms with Gasteiger partial charge in [0.05, 0.1) is 29.4 Å². The van der Waals surface area contributed by atoms with Crippen LogP contribution in [0.5, 0.6) is 6.01 Å². The zero-order valence-electron chi connectivity index (χ0n) is 22.6. The molecule has 4 atom stereocenters. The number of hydrogen-bond donors (Lipinski definition) is 3. The summed E-state index contributed by atoms with van der Waals surface area (Å²) < 4.78 is 20.6. The Morgan fingerprint density at radius 3 is 2.77 bits per heavy atom. The average molecular weight is 571 g/mol. The number of nitriles is 1. The number of anilines is 3. The number of nitrogen functional groups attached to an aromatic ring is 1. The van der Waals surface area contributed by atoms with Crippen molar-refractivity contribution in [3.8, 4) is 12.1 Å². The second-order valence-electron chi connectivity index (χ2n) is 12.6. The highest BCUT2D eigenvalue weighted by atomic mass is 32.1. The molecule has 0 bridgehead atoms. The minimum absolute atomic E-state index is 0.158. The maximum atomic E-state index is 14.3. The Hall–Kier alpha value is -2.79. The number of halogens is 1. The Bertz CT molecular complexity index is 1380. The van der Waals surface area contributed by atoms with Gasteiger partial charge in [-0.2, -0.15) is 20.2 Å². The van der Waals surface area contributed by atoms with Crippen molar-refractivity contribution in [2.75, 3.05) is 61.5 Å². The average Bonchev–Trinajstić information content (AvgIpc) is 3.67. The first-order valence-corrected chi connectivity index (χ1v) is 14.9. The van der Waals surface area contributed by atoms with Crippen LogP contribution in [-0.4, -0.2) is 99.4 Å². The van der Waals surface area contributed by atoms with Crippen LogP contribution < -0.4 is 20.3 Å². The van der Waals surface area contributed by atoms with E-state index < -0.39 is 17.8 Å². The van der Waals surface area contributed by atoms with E-state index in [4.69, 9.17) is 20.4 Å². The summed E-state index contributed by atoms with van der Waals surface area (Å²) in [4.78, 5) is 21.4. The van der Waals surface area contributed by atoms with E-state index in [9.17, 15) is 19.9 Å². The molecular weight excluding hydrogens is 535 g/mol. The first kappa shape index (κ1) is 26.1. The number of thiophene rings is 1. The molecule has 4 N–H and O–H groups in total. The molecule has 0 saturated carbocycles. The lowest BCUT2D eigenvalue weighted by Gasteiger charge is -2.48. The van der Waals surface area contributed by atoms with Crippen molar-refractivity contribution in [2.24, 2.45) is 0 Å². The van der Waals surface area contributed by atoms with Crippen molar-refractivity contribution >= 4 is 28.2 Å². The highest BCUT2D eigenvalue weighted by molar-refractivity contribution is 7.16. The fourth-order valence-electron chi connectivity index (χ4n) is 7.86. The number of rotatable bonds is 6. The zero-order chi connectivity index (χ0) is 27.9. The number of nitrogens with zero attached hydrogens (tertiary/aromatic N) is 7. The van der Waals surface area contributed by atoms with Crippen molar-refractivity contribution in [3.63, 3.8) is 0 Å². The molecule has 5 aliphatic rings. The Kier molecular flexibility index (Phi) is 5.95. The van der Waals surface area contributed by atoms with Gasteiger partial charge >= 0.3 is 6.01 Å². The van der Waals surface area contributed by atoms with Gasteiger partial charge in [0.25, 0.3) is 0 Å². The maximum absolute atomic E-state index is 14.3. The molecule has 6 heterocycles. The van der Waals surface area contributed by atoms with E-state index in [1.54, 1.807) is 0 Å². The standard InChI is InChI=1S/C27H35FN8O3S/c1-25(14-37)8-17(38)11-36(25)23-31-22(32-24(33-23)39-15-27-4-2-6-35(27)10-16(28)7-27)34-12-26(13-34)5-3-19-20(26)18(9-29)21(30)40-19/h16-17,37-38H,2-8,10-15,30H2,1H3/t16-,17-,25-,27+/m1/s1. The molecule has 0 aromatic carbocycles. The van der Waals surface area contributed by atoms with Crippen LogP contribution in [0, 0.1) is 11.3 Å². The summed E-state index contributed by atoms with van der Waals surface area (Å²) in [6.45, 7) is 4.90. The first-order valence-electron chi connectivity index (χ1n) is 14.1. The molecule has 0 amide bonds. The second kappa shape index (κ2) is 9.11. The van der Waals surface area contributed by atoms with Gasteiger partial charge in [0.15, 0.2) is 0 Å². The number of aryl methyl sites for hydroxylation is 1. The SMILES string of the molecule is C[C@]1(CO)C[C@@H](O)CN1c1nc(OC[C@@]23CCCN2C[C@H](F)C3)nc(N2CC3(CCc4sc(N)c(C#N)c43)C2)n1. The quantitative estimate of drug-likeness (QED) is 0.462. The molecule has 1 spiro atoms. The molecule has 40 heavy (non-hydrogen) atoms. The van der Waals surface area contributed by atoms with E-state index in [1.165, 1.54) is 16.2 Å². The predicted octanol–water partition coefficient (Wildman–Crippen LogP) is 1.37. The van der Waals surface area contributed by atoms with Gasteiger partial charge in [-0.3, -0.25) is 4.90 Å².